The molecule has 0 saturated carbocycles. The molecule has 0 aliphatic carbocycles. The second-order valence-corrected chi connectivity index (χ2v) is 6.17. The lowest BCUT2D eigenvalue weighted by atomic mass is 10.1. The number of amides is 1. The number of fused-ring (bicyclic) bond motifs is 1. The van der Waals surface area contributed by atoms with E-state index in [2.05, 4.69) is 35.0 Å². The molecule has 1 aromatic carbocycles. The third-order valence-corrected chi connectivity index (χ3v) is 4.63. The van der Waals surface area contributed by atoms with Crippen LogP contribution in [-0.2, 0) is 16.0 Å². The van der Waals surface area contributed by atoms with Gasteiger partial charge in [0.1, 0.15) is 6.61 Å². The fourth-order valence-corrected chi connectivity index (χ4v) is 3.36. The van der Waals surface area contributed by atoms with E-state index in [9.17, 15) is 4.79 Å². The van der Waals surface area contributed by atoms with Crippen molar-refractivity contribution in [1.29, 1.82) is 0 Å². The molecule has 0 spiro atoms. The number of nitrogens with one attached hydrogen (secondary N) is 1. The maximum Gasteiger partial charge on any atom is 0.248 e. The highest BCUT2D eigenvalue weighted by atomic mass is 32.1. The summed E-state index contributed by atoms with van der Waals surface area (Å²) in [5.41, 5.74) is 1.26. The SMILES string of the molecule is O=C(COCCc1ccc2ccsc2c1)N1CCNCC1. The van der Waals surface area contributed by atoms with Crippen LogP contribution in [0.15, 0.2) is 29.6 Å². The fourth-order valence-electron chi connectivity index (χ4n) is 2.51. The van der Waals surface area contributed by atoms with Crippen molar-refractivity contribution in [3.8, 4) is 0 Å². The van der Waals surface area contributed by atoms with Crippen LogP contribution < -0.4 is 5.32 Å². The number of hydrogen-bond donors (Lipinski definition) is 1. The molecular formula is C16H20N2O2S. The van der Waals surface area contributed by atoms with Crippen molar-refractivity contribution in [1.82, 2.24) is 10.2 Å². The van der Waals surface area contributed by atoms with Gasteiger partial charge in [-0.2, -0.15) is 0 Å². The minimum absolute atomic E-state index is 0.102. The Bertz CT molecular complexity index is 605. The van der Waals surface area contributed by atoms with E-state index in [1.54, 1.807) is 11.3 Å². The van der Waals surface area contributed by atoms with Gasteiger partial charge in [-0.05, 0) is 34.9 Å². The average Bonchev–Trinajstić information content (AvgIpc) is 3.00. The molecular weight excluding hydrogens is 284 g/mol. The first-order chi connectivity index (χ1) is 10.3. The van der Waals surface area contributed by atoms with E-state index >= 15 is 0 Å². The molecule has 3 rings (SSSR count). The van der Waals surface area contributed by atoms with Gasteiger partial charge >= 0.3 is 0 Å². The molecule has 2 aromatic rings. The minimum Gasteiger partial charge on any atom is -0.371 e. The Balaban J connectivity index is 1.42. The van der Waals surface area contributed by atoms with Crippen molar-refractivity contribution in [2.75, 3.05) is 39.4 Å². The lowest BCUT2D eigenvalue weighted by Crippen LogP contribution is -2.47. The van der Waals surface area contributed by atoms with Gasteiger partial charge in [0, 0.05) is 30.9 Å². The van der Waals surface area contributed by atoms with E-state index in [1.807, 2.05) is 4.90 Å². The van der Waals surface area contributed by atoms with Crippen molar-refractivity contribution in [2.45, 2.75) is 6.42 Å². The zero-order valence-electron chi connectivity index (χ0n) is 12.0. The fraction of sp³-hybridized carbons (Fsp3) is 0.438. The van der Waals surface area contributed by atoms with Crippen molar-refractivity contribution < 1.29 is 9.53 Å². The van der Waals surface area contributed by atoms with E-state index in [4.69, 9.17) is 4.74 Å². The van der Waals surface area contributed by atoms with E-state index in [1.165, 1.54) is 15.6 Å². The lowest BCUT2D eigenvalue weighted by molar-refractivity contribution is -0.136. The largest absolute Gasteiger partial charge is 0.371 e. The highest BCUT2D eigenvalue weighted by molar-refractivity contribution is 7.17. The van der Waals surface area contributed by atoms with Gasteiger partial charge < -0.3 is 15.0 Å². The number of nitrogens with zero attached hydrogens (tertiary/aromatic N) is 1. The Labute approximate surface area is 128 Å². The van der Waals surface area contributed by atoms with Gasteiger partial charge in [-0.15, -0.1) is 11.3 Å². The zero-order chi connectivity index (χ0) is 14.5. The molecule has 1 fully saturated rings. The normalized spacial score (nSPS) is 15.5. The predicted octanol–water partition coefficient (Wildman–Crippen LogP) is 1.89. The quantitative estimate of drug-likeness (QED) is 0.858. The molecule has 0 unspecified atom stereocenters. The molecule has 1 saturated heterocycles. The van der Waals surface area contributed by atoms with Crippen LogP contribution in [0.4, 0.5) is 0 Å². The van der Waals surface area contributed by atoms with Crippen LogP contribution in [0, 0.1) is 0 Å². The highest BCUT2D eigenvalue weighted by Crippen LogP contribution is 2.22. The standard InChI is InChI=1S/C16H20N2O2S/c19-16(18-7-5-17-6-8-18)12-20-9-3-13-1-2-14-4-10-21-15(14)11-13/h1-2,4,10-11,17H,3,5-9,12H2. The lowest BCUT2D eigenvalue weighted by Gasteiger charge is -2.27. The second kappa shape index (κ2) is 7.02. The number of thiophene rings is 1. The van der Waals surface area contributed by atoms with Crippen LogP contribution in [0.5, 0.6) is 0 Å². The average molecular weight is 304 g/mol. The number of rotatable bonds is 5. The maximum absolute atomic E-state index is 11.9. The van der Waals surface area contributed by atoms with Gasteiger partial charge in [0.2, 0.25) is 5.91 Å². The van der Waals surface area contributed by atoms with Gasteiger partial charge in [-0.3, -0.25) is 4.79 Å². The van der Waals surface area contributed by atoms with Crippen LogP contribution in [-0.4, -0.2) is 50.2 Å². The first kappa shape index (κ1) is 14.5. The Kier molecular flexibility index (Phi) is 4.85. The Morgan fingerprint density at radius 3 is 3.00 bits per heavy atom. The summed E-state index contributed by atoms with van der Waals surface area (Å²) in [6.45, 7) is 4.13. The minimum atomic E-state index is 0.102. The summed E-state index contributed by atoms with van der Waals surface area (Å²) in [6.07, 6.45) is 0.850. The Hall–Kier alpha value is -1.43. The Morgan fingerprint density at radius 2 is 2.14 bits per heavy atom. The molecule has 2 heterocycles. The number of hydrogen-bond acceptors (Lipinski definition) is 4. The second-order valence-electron chi connectivity index (χ2n) is 5.23. The molecule has 0 bridgehead atoms. The molecule has 1 aromatic heterocycles. The molecule has 1 aliphatic rings. The molecule has 1 N–H and O–H groups in total. The van der Waals surface area contributed by atoms with Crippen molar-refractivity contribution in [3.63, 3.8) is 0 Å². The number of benzene rings is 1. The molecule has 21 heavy (non-hydrogen) atoms. The summed E-state index contributed by atoms with van der Waals surface area (Å²) >= 11 is 1.76. The Morgan fingerprint density at radius 1 is 1.29 bits per heavy atom. The number of carbonyl (C=O) groups is 1. The first-order valence-electron chi connectivity index (χ1n) is 7.35. The first-order valence-corrected chi connectivity index (χ1v) is 8.23. The zero-order valence-corrected chi connectivity index (χ0v) is 12.8. The molecule has 0 atom stereocenters. The van der Waals surface area contributed by atoms with Gasteiger partial charge in [-0.1, -0.05) is 12.1 Å². The monoisotopic (exact) mass is 304 g/mol. The topological polar surface area (TPSA) is 41.6 Å². The third-order valence-electron chi connectivity index (χ3n) is 3.75. The number of piperazine rings is 1. The summed E-state index contributed by atoms with van der Waals surface area (Å²) in [4.78, 5) is 13.8. The summed E-state index contributed by atoms with van der Waals surface area (Å²) in [5.74, 6) is 0.102. The van der Waals surface area contributed by atoms with E-state index in [-0.39, 0.29) is 12.5 Å². The van der Waals surface area contributed by atoms with Crippen LogP contribution in [0.2, 0.25) is 0 Å². The van der Waals surface area contributed by atoms with Crippen LogP contribution in [0.3, 0.4) is 0 Å². The summed E-state index contributed by atoms with van der Waals surface area (Å²) in [6, 6.07) is 8.62. The van der Waals surface area contributed by atoms with Crippen LogP contribution >= 0.6 is 11.3 Å². The van der Waals surface area contributed by atoms with E-state index in [0.717, 1.165) is 32.6 Å². The van der Waals surface area contributed by atoms with E-state index in [0.29, 0.717) is 6.61 Å². The summed E-state index contributed by atoms with van der Waals surface area (Å²) < 4.78 is 6.85. The summed E-state index contributed by atoms with van der Waals surface area (Å²) in [7, 11) is 0. The molecule has 1 amide bonds. The van der Waals surface area contributed by atoms with Crippen LogP contribution in [0.25, 0.3) is 10.1 Å². The summed E-state index contributed by atoms with van der Waals surface area (Å²) in [5, 5.41) is 6.64. The van der Waals surface area contributed by atoms with Gasteiger partial charge in [0.15, 0.2) is 0 Å². The molecule has 112 valence electrons. The maximum atomic E-state index is 11.9. The number of ether oxygens (including phenoxy) is 1. The van der Waals surface area contributed by atoms with Crippen molar-refractivity contribution in [3.05, 3.63) is 35.2 Å². The molecule has 5 heteroatoms. The van der Waals surface area contributed by atoms with Crippen LogP contribution in [0.1, 0.15) is 5.56 Å². The molecule has 1 aliphatic heterocycles. The van der Waals surface area contributed by atoms with Gasteiger partial charge in [0.25, 0.3) is 0 Å². The van der Waals surface area contributed by atoms with Gasteiger partial charge in [-0.25, -0.2) is 0 Å². The molecule has 4 nitrogen and oxygen atoms in total. The number of carbonyl (C=O) groups excluding carboxylic acids is 1. The van der Waals surface area contributed by atoms with Gasteiger partial charge in [0.05, 0.1) is 6.61 Å². The highest BCUT2D eigenvalue weighted by Gasteiger charge is 2.15. The van der Waals surface area contributed by atoms with E-state index < -0.39 is 0 Å². The molecule has 0 radical (unpaired) electrons. The smallest absolute Gasteiger partial charge is 0.248 e. The third kappa shape index (κ3) is 3.81. The van der Waals surface area contributed by atoms with Crippen molar-refractivity contribution >= 4 is 27.3 Å². The van der Waals surface area contributed by atoms with Crippen molar-refractivity contribution in [2.24, 2.45) is 0 Å². The predicted molar refractivity (Wildman–Crippen MR) is 85.8 cm³/mol.